The van der Waals surface area contributed by atoms with Crippen LogP contribution in [0.25, 0.3) is 11.3 Å². The van der Waals surface area contributed by atoms with E-state index in [4.69, 9.17) is 9.72 Å². The molecular formula is C22H24N4O2. The molecule has 0 unspecified atom stereocenters. The molecule has 0 bridgehead atoms. The van der Waals surface area contributed by atoms with E-state index < -0.39 is 0 Å². The van der Waals surface area contributed by atoms with Gasteiger partial charge >= 0.3 is 0 Å². The van der Waals surface area contributed by atoms with E-state index >= 15 is 0 Å². The summed E-state index contributed by atoms with van der Waals surface area (Å²) in [4.78, 5) is 24.3. The molecule has 28 heavy (non-hydrogen) atoms. The van der Waals surface area contributed by atoms with Crippen LogP contribution >= 0.6 is 0 Å². The lowest BCUT2D eigenvalue weighted by molar-refractivity contribution is 0.413. The Labute approximate surface area is 164 Å². The second kappa shape index (κ2) is 7.76. The molecule has 1 saturated heterocycles. The lowest BCUT2D eigenvalue weighted by Gasteiger charge is -2.36. The zero-order chi connectivity index (χ0) is 19.5. The van der Waals surface area contributed by atoms with E-state index in [2.05, 4.69) is 20.9 Å². The number of aromatic amines is 1. The fraction of sp³-hybridized carbons (Fsp3) is 0.273. The second-order valence-corrected chi connectivity index (χ2v) is 6.97. The molecule has 0 aliphatic carbocycles. The predicted molar refractivity (Wildman–Crippen MR) is 112 cm³/mol. The third kappa shape index (κ3) is 3.71. The van der Waals surface area contributed by atoms with Gasteiger partial charge in [0.25, 0.3) is 5.56 Å². The molecular weight excluding hydrogens is 352 g/mol. The minimum Gasteiger partial charge on any atom is -0.495 e. The number of hydrogen-bond acceptors (Lipinski definition) is 5. The summed E-state index contributed by atoms with van der Waals surface area (Å²) in [6.07, 6.45) is 0. The number of anilines is 2. The number of para-hydroxylation sites is 2. The summed E-state index contributed by atoms with van der Waals surface area (Å²) < 4.78 is 5.48. The first-order chi connectivity index (χ1) is 13.6. The van der Waals surface area contributed by atoms with E-state index in [0.29, 0.717) is 11.6 Å². The summed E-state index contributed by atoms with van der Waals surface area (Å²) in [6.45, 7) is 5.26. The van der Waals surface area contributed by atoms with Crippen LogP contribution in [0.3, 0.4) is 0 Å². The van der Waals surface area contributed by atoms with Crippen molar-refractivity contribution in [2.75, 3.05) is 43.1 Å². The smallest absolute Gasteiger partial charge is 0.252 e. The monoisotopic (exact) mass is 376 g/mol. The molecule has 1 aromatic heterocycles. The number of nitrogens with zero attached hydrogens (tertiary/aromatic N) is 3. The average molecular weight is 376 g/mol. The highest BCUT2D eigenvalue weighted by Gasteiger charge is 2.21. The van der Waals surface area contributed by atoms with Crippen molar-refractivity contribution in [1.29, 1.82) is 0 Å². The van der Waals surface area contributed by atoms with E-state index in [9.17, 15) is 4.79 Å². The van der Waals surface area contributed by atoms with Gasteiger partial charge in [-0.2, -0.15) is 0 Å². The summed E-state index contributed by atoms with van der Waals surface area (Å²) in [7, 11) is 1.69. The number of methoxy groups -OCH3 is 1. The zero-order valence-electron chi connectivity index (χ0n) is 16.2. The van der Waals surface area contributed by atoms with Crippen LogP contribution in [0.2, 0.25) is 0 Å². The Balaban J connectivity index is 1.53. The Morgan fingerprint density at radius 3 is 2.36 bits per heavy atom. The third-order valence-electron chi connectivity index (χ3n) is 5.08. The summed E-state index contributed by atoms with van der Waals surface area (Å²) in [5.41, 5.74) is 3.80. The fourth-order valence-electron chi connectivity index (χ4n) is 3.52. The summed E-state index contributed by atoms with van der Waals surface area (Å²) in [5.74, 6) is 1.51. The molecule has 0 radical (unpaired) electrons. The maximum Gasteiger partial charge on any atom is 0.252 e. The number of nitrogens with one attached hydrogen (secondary N) is 1. The van der Waals surface area contributed by atoms with Crippen molar-refractivity contribution in [3.63, 3.8) is 0 Å². The number of benzene rings is 2. The molecule has 1 aliphatic rings. The first-order valence-corrected chi connectivity index (χ1v) is 9.45. The zero-order valence-corrected chi connectivity index (χ0v) is 16.2. The van der Waals surface area contributed by atoms with Gasteiger partial charge in [-0.15, -0.1) is 0 Å². The molecule has 6 heteroatoms. The molecule has 0 spiro atoms. The van der Waals surface area contributed by atoms with E-state index in [0.717, 1.165) is 43.2 Å². The normalized spacial score (nSPS) is 14.2. The van der Waals surface area contributed by atoms with Crippen LogP contribution < -0.4 is 20.1 Å². The van der Waals surface area contributed by atoms with Gasteiger partial charge in [0.05, 0.1) is 18.5 Å². The maximum atomic E-state index is 12.2. The van der Waals surface area contributed by atoms with Crippen LogP contribution in [0, 0.1) is 6.92 Å². The minimum atomic E-state index is -0.132. The number of aryl methyl sites for hydroxylation is 1. The Bertz CT molecular complexity index is 1010. The summed E-state index contributed by atoms with van der Waals surface area (Å²) >= 11 is 0. The number of H-pyrrole nitrogens is 1. The first kappa shape index (κ1) is 18.1. The first-order valence-electron chi connectivity index (χ1n) is 9.45. The molecule has 0 atom stereocenters. The van der Waals surface area contributed by atoms with Crippen LogP contribution in [0.15, 0.2) is 59.4 Å². The average Bonchev–Trinajstić information content (AvgIpc) is 2.74. The molecule has 4 rings (SSSR count). The van der Waals surface area contributed by atoms with Gasteiger partial charge in [0.2, 0.25) is 5.95 Å². The van der Waals surface area contributed by atoms with Crippen LogP contribution in [-0.2, 0) is 0 Å². The Kier molecular flexibility index (Phi) is 5.02. The number of hydrogen-bond donors (Lipinski definition) is 1. The topological polar surface area (TPSA) is 61.5 Å². The van der Waals surface area contributed by atoms with Crippen LogP contribution in [0.5, 0.6) is 5.75 Å². The molecule has 6 nitrogen and oxygen atoms in total. The van der Waals surface area contributed by atoms with Crippen molar-refractivity contribution in [3.8, 4) is 17.0 Å². The van der Waals surface area contributed by atoms with Gasteiger partial charge in [-0.1, -0.05) is 42.0 Å². The molecule has 1 fully saturated rings. The predicted octanol–water partition coefficient (Wildman–Crippen LogP) is 3.08. The number of aromatic nitrogens is 2. The molecule has 0 saturated carbocycles. The van der Waals surface area contributed by atoms with Crippen molar-refractivity contribution in [3.05, 3.63) is 70.5 Å². The minimum absolute atomic E-state index is 0.132. The Morgan fingerprint density at radius 2 is 1.64 bits per heavy atom. The van der Waals surface area contributed by atoms with Crippen LogP contribution in [-0.4, -0.2) is 43.3 Å². The van der Waals surface area contributed by atoms with Crippen LogP contribution in [0.4, 0.5) is 11.6 Å². The molecule has 1 N–H and O–H groups in total. The van der Waals surface area contributed by atoms with Gasteiger partial charge < -0.3 is 14.5 Å². The van der Waals surface area contributed by atoms with E-state index in [-0.39, 0.29) is 5.56 Å². The molecule has 2 aromatic carbocycles. The second-order valence-electron chi connectivity index (χ2n) is 6.97. The summed E-state index contributed by atoms with van der Waals surface area (Å²) in [5, 5.41) is 0. The molecule has 3 aromatic rings. The molecule has 2 heterocycles. The van der Waals surface area contributed by atoms with Gasteiger partial charge in [0.1, 0.15) is 5.75 Å². The van der Waals surface area contributed by atoms with Crippen molar-refractivity contribution in [2.24, 2.45) is 0 Å². The van der Waals surface area contributed by atoms with Crippen molar-refractivity contribution >= 4 is 11.6 Å². The number of piperazine rings is 1. The Morgan fingerprint density at radius 1 is 0.964 bits per heavy atom. The van der Waals surface area contributed by atoms with Crippen LogP contribution in [0.1, 0.15) is 5.56 Å². The highest BCUT2D eigenvalue weighted by atomic mass is 16.5. The van der Waals surface area contributed by atoms with Gasteiger partial charge in [0.15, 0.2) is 0 Å². The lowest BCUT2D eigenvalue weighted by atomic mass is 10.1. The molecule has 0 amide bonds. The van der Waals surface area contributed by atoms with Crippen molar-refractivity contribution in [1.82, 2.24) is 9.97 Å². The largest absolute Gasteiger partial charge is 0.495 e. The Hall–Kier alpha value is -3.28. The lowest BCUT2D eigenvalue weighted by Crippen LogP contribution is -2.47. The van der Waals surface area contributed by atoms with E-state index in [1.807, 2.05) is 49.4 Å². The number of rotatable bonds is 4. The van der Waals surface area contributed by atoms with Gasteiger partial charge in [-0.3, -0.25) is 9.78 Å². The standard InChI is InChI=1S/C22H24N4O2/c1-16-7-9-17(10-8-16)18-15-21(27)24-22(23-18)26-13-11-25(12-14-26)19-5-3-4-6-20(19)28-2/h3-10,15H,11-14H2,1-2H3,(H,23,24,27). The van der Waals surface area contributed by atoms with E-state index in [1.165, 1.54) is 5.56 Å². The van der Waals surface area contributed by atoms with Crippen molar-refractivity contribution in [2.45, 2.75) is 6.92 Å². The summed E-state index contributed by atoms with van der Waals surface area (Å²) in [6, 6.07) is 17.7. The highest BCUT2D eigenvalue weighted by molar-refractivity contribution is 5.61. The third-order valence-corrected chi connectivity index (χ3v) is 5.08. The number of ether oxygens (including phenoxy) is 1. The maximum absolute atomic E-state index is 12.2. The van der Waals surface area contributed by atoms with Gasteiger partial charge in [0, 0.05) is 37.8 Å². The SMILES string of the molecule is COc1ccccc1N1CCN(c2nc(-c3ccc(C)cc3)cc(=O)[nH]2)CC1. The van der Waals surface area contributed by atoms with Crippen molar-refractivity contribution < 1.29 is 4.74 Å². The molecule has 1 aliphatic heterocycles. The highest BCUT2D eigenvalue weighted by Crippen LogP contribution is 2.29. The van der Waals surface area contributed by atoms with E-state index in [1.54, 1.807) is 13.2 Å². The molecule has 144 valence electrons. The van der Waals surface area contributed by atoms with Gasteiger partial charge in [-0.05, 0) is 19.1 Å². The van der Waals surface area contributed by atoms with Gasteiger partial charge in [-0.25, -0.2) is 4.98 Å². The fourth-order valence-corrected chi connectivity index (χ4v) is 3.52. The quantitative estimate of drug-likeness (QED) is 0.758.